The number of ether oxygens (including phenoxy) is 2. The number of hydrogen-bond donors (Lipinski definition) is 2. The predicted molar refractivity (Wildman–Crippen MR) is 127 cm³/mol. The van der Waals surface area contributed by atoms with Crippen molar-refractivity contribution in [1.29, 1.82) is 0 Å². The van der Waals surface area contributed by atoms with Gasteiger partial charge in [-0.15, -0.1) is 0 Å². The number of anilines is 1. The monoisotopic (exact) mass is 450 g/mol. The van der Waals surface area contributed by atoms with Gasteiger partial charge in [0, 0.05) is 23.5 Å². The van der Waals surface area contributed by atoms with Crippen molar-refractivity contribution < 1.29 is 19.1 Å². The third kappa shape index (κ3) is 5.52. The first-order valence-corrected chi connectivity index (χ1v) is 10.7. The van der Waals surface area contributed by atoms with Crippen LogP contribution in [0.25, 0.3) is 0 Å². The molecule has 0 saturated heterocycles. The Hall–Kier alpha value is -3.81. The number of hydrogen-bond acceptors (Lipinski definition) is 5. The minimum atomic E-state index is -0.978. The number of amides is 2. The van der Waals surface area contributed by atoms with Gasteiger partial charge in [0.25, 0.3) is 5.91 Å². The van der Waals surface area contributed by atoms with E-state index in [0.717, 1.165) is 6.42 Å². The zero-order valence-corrected chi connectivity index (χ0v) is 19.6. The maximum Gasteiger partial charge on any atom is 0.277 e. The third-order valence-corrected chi connectivity index (χ3v) is 5.54. The zero-order valence-electron chi connectivity index (χ0n) is 19.6. The lowest BCUT2D eigenvalue weighted by Gasteiger charge is -2.34. The van der Waals surface area contributed by atoms with Gasteiger partial charge in [-0.25, -0.2) is 0 Å². The Bertz CT molecular complexity index is 1100. The van der Waals surface area contributed by atoms with E-state index in [9.17, 15) is 9.59 Å². The normalized spacial score (nSPS) is 12.0. The summed E-state index contributed by atoms with van der Waals surface area (Å²) in [5.41, 5.74) is 0.902. The average Bonchev–Trinajstić information content (AvgIpc) is 3.37. The van der Waals surface area contributed by atoms with Crippen molar-refractivity contribution in [2.24, 2.45) is 0 Å². The summed E-state index contributed by atoms with van der Waals surface area (Å²) in [5.74, 6) is 0.428. The Labute approximate surface area is 193 Å². The molecule has 0 aliphatic heterocycles. The molecule has 2 aromatic carbocycles. The number of aromatic nitrogens is 2. The number of benzene rings is 2. The summed E-state index contributed by atoms with van der Waals surface area (Å²) in [6, 6.07) is 14.8. The Morgan fingerprint density at radius 3 is 2.33 bits per heavy atom. The molecule has 3 aromatic rings. The summed E-state index contributed by atoms with van der Waals surface area (Å²) in [7, 11) is 3.11. The van der Waals surface area contributed by atoms with Crippen molar-refractivity contribution in [3.8, 4) is 11.5 Å². The highest BCUT2D eigenvalue weighted by Crippen LogP contribution is 2.33. The molecule has 1 aromatic heterocycles. The van der Waals surface area contributed by atoms with Gasteiger partial charge in [-0.1, -0.05) is 25.1 Å². The largest absolute Gasteiger partial charge is 0.497 e. The minimum Gasteiger partial charge on any atom is -0.497 e. The quantitative estimate of drug-likeness (QED) is 0.511. The number of nitrogens with zero attached hydrogens (tertiary/aromatic N) is 2. The third-order valence-electron chi connectivity index (χ3n) is 5.54. The van der Waals surface area contributed by atoms with Crippen LogP contribution < -0.4 is 19.7 Å². The molecule has 1 heterocycles. The van der Waals surface area contributed by atoms with Crippen LogP contribution in [0.15, 0.2) is 60.8 Å². The van der Waals surface area contributed by atoms with E-state index >= 15 is 0 Å². The number of methoxy groups -OCH3 is 2. The lowest BCUT2D eigenvalue weighted by atomic mass is 9.98. The fourth-order valence-electron chi connectivity index (χ4n) is 3.37. The lowest BCUT2D eigenvalue weighted by Crippen LogP contribution is -2.50. The van der Waals surface area contributed by atoms with Crippen molar-refractivity contribution in [3.63, 3.8) is 0 Å². The van der Waals surface area contributed by atoms with Crippen molar-refractivity contribution in [2.45, 2.75) is 38.8 Å². The Morgan fingerprint density at radius 2 is 1.73 bits per heavy atom. The molecule has 0 unspecified atom stereocenters. The van der Waals surface area contributed by atoms with E-state index in [1.54, 1.807) is 68.8 Å². The second kappa shape index (κ2) is 10.2. The molecular weight excluding hydrogens is 420 g/mol. The molecule has 0 aliphatic carbocycles. The fraction of sp³-hybridized carbons (Fsp3) is 0.320. The van der Waals surface area contributed by atoms with Crippen LogP contribution in [0.5, 0.6) is 11.5 Å². The van der Waals surface area contributed by atoms with E-state index in [2.05, 4.69) is 15.5 Å². The first-order valence-electron chi connectivity index (χ1n) is 10.7. The van der Waals surface area contributed by atoms with Crippen molar-refractivity contribution in [2.75, 3.05) is 19.1 Å². The molecular formula is C25H30N4O4. The highest BCUT2D eigenvalue weighted by atomic mass is 16.5. The van der Waals surface area contributed by atoms with Gasteiger partial charge in [-0.05, 0) is 56.2 Å². The lowest BCUT2D eigenvalue weighted by molar-refractivity contribution is -0.124. The van der Waals surface area contributed by atoms with Crippen LogP contribution in [-0.4, -0.2) is 41.8 Å². The number of carbonyl (C=O) groups excluding carboxylic acids is 2. The number of H-pyrrole nitrogens is 1. The maximum absolute atomic E-state index is 13.8. The van der Waals surface area contributed by atoms with Gasteiger partial charge in [0.05, 0.1) is 14.2 Å². The topological polar surface area (TPSA) is 96.5 Å². The molecule has 1 atom stereocenters. The van der Waals surface area contributed by atoms with Gasteiger partial charge in [0.15, 0.2) is 0 Å². The van der Waals surface area contributed by atoms with Crippen LogP contribution >= 0.6 is 0 Å². The number of nitrogens with one attached hydrogen (secondary N) is 2. The van der Waals surface area contributed by atoms with Crippen LogP contribution in [0.1, 0.15) is 49.3 Å². The summed E-state index contributed by atoms with van der Waals surface area (Å²) in [5, 5.41) is 9.72. The predicted octanol–water partition coefficient (Wildman–Crippen LogP) is 4.12. The molecule has 33 heavy (non-hydrogen) atoms. The van der Waals surface area contributed by atoms with Crippen LogP contribution in [0, 0.1) is 0 Å². The molecule has 174 valence electrons. The van der Waals surface area contributed by atoms with E-state index in [4.69, 9.17) is 9.47 Å². The van der Waals surface area contributed by atoms with Gasteiger partial charge >= 0.3 is 0 Å². The van der Waals surface area contributed by atoms with E-state index in [1.807, 2.05) is 20.8 Å². The van der Waals surface area contributed by atoms with E-state index in [-0.39, 0.29) is 11.6 Å². The first-order chi connectivity index (χ1) is 15.8. The van der Waals surface area contributed by atoms with Gasteiger partial charge in [0.1, 0.15) is 23.2 Å². The smallest absolute Gasteiger partial charge is 0.277 e. The summed E-state index contributed by atoms with van der Waals surface area (Å²) in [4.78, 5) is 28.9. The summed E-state index contributed by atoms with van der Waals surface area (Å²) in [6.07, 6.45) is 2.22. The number of rotatable bonds is 9. The van der Waals surface area contributed by atoms with Crippen LogP contribution in [0.2, 0.25) is 0 Å². The second-order valence-electron chi connectivity index (χ2n) is 8.25. The molecule has 3 rings (SSSR count). The molecule has 8 heteroatoms. The molecule has 2 N–H and O–H groups in total. The standard InChI is InChI=1S/C25H30N4O4/c1-6-25(2,3)27-23(30)22(17-9-7-11-19(15-17)32-4)29(24(31)21-13-14-26-28-21)18-10-8-12-20(16-18)33-5/h7-16,22H,6H2,1-5H3,(H,26,28)(H,27,30)/t22-/m0/s1. The van der Waals surface area contributed by atoms with Gasteiger partial charge in [-0.2, -0.15) is 5.10 Å². The van der Waals surface area contributed by atoms with Crippen molar-refractivity contribution >= 4 is 17.5 Å². The summed E-state index contributed by atoms with van der Waals surface area (Å²) in [6.45, 7) is 5.89. The minimum absolute atomic E-state index is 0.258. The molecule has 0 saturated carbocycles. The fourth-order valence-corrected chi connectivity index (χ4v) is 3.37. The zero-order chi connectivity index (χ0) is 24.0. The van der Waals surface area contributed by atoms with E-state index in [0.29, 0.717) is 22.7 Å². The van der Waals surface area contributed by atoms with Crippen molar-refractivity contribution in [3.05, 3.63) is 72.1 Å². The Morgan fingerprint density at radius 1 is 1.06 bits per heavy atom. The van der Waals surface area contributed by atoms with Gasteiger partial charge in [0.2, 0.25) is 5.91 Å². The number of aromatic amines is 1. The van der Waals surface area contributed by atoms with Gasteiger partial charge in [-0.3, -0.25) is 19.6 Å². The molecule has 0 radical (unpaired) electrons. The van der Waals surface area contributed by atoms with Gasteiger partial charge < -0.3 is 14.8 Å². The van der Waals surface area contributed by atoms with Crippen LogP contribution in [0.3, 0.4) is 0 Å². The first kappa shape index (κ1) is 23.8. The SMILES string of the molecule is CCC(C)(C)NC(=O)[C@H](c1cccc(OC)c1)N(C(=O)c1ccn[nH]1)c1cccc(OC)c1. The maximum atomic E-state index is 13.8. The van der Waals surface area contributed by atoms with Crippen LogP contribution in [-0.2, 0) is 4.79 Å². The molecule has 0 spiro atoms. The summed E-state index contributed by atoms with van der Waals surface area (Å²) >= 11 is 0. The molecule has 2 amide bonds. The number of carbonyl (C=O) groups is 2. The van der Waals surface area contributed by atoms with E-state index in [1.165, 1.54) is 11.1 Å². The molecule has 0 aliphatic rings. The highest BCUT2D eigenvalue weighted by Gasteiger charge is 2.36. The average molecular weight is 451 g/mol. The Balaban J connectivity index is 2.21. The van der Waals surface area contributed by atoms with Crippen molar-refractivity contribution in [1.82, 2.24) is 15.5 Å². The molecule has 8 nitrogen and oxygen atoms in total. The summed E-state index contributed by atoms with van der Waals surface area (Å²) < 4.78 is 10.8. The second-order valence-corrected chi connectivity index (χ2v) is 8.25. The van der Waals surface area contributed by atoms with E-state index < -0.39 is 17.5 Å². The Kier molecular flexibility index (Phi) is 7.37. The highest BCUT2D eigenvalue weighted by molar-refractivity contribution is 6.09. The van der Waals surface area contributed by atoms with Crippen LogP contribution in [0.4, 0.5) is 5.69 Å². The molecule has 0 fully saturated rings. The molecule has 0 bridgehead atoms.